The normalized spacial score (nSPS) is 31.8. The number of ketones is 1. The summed E-state index contributed by atoms with van der Waals surface area (Å²) in [4.78, 5) is 50.6. The van der Waals surface area contributed by atoms with E-state index in [4.69, 9.17) is 10.5 Å². The van der Waals surface area contributed by atoms with E-state index in [0.717, 1.165) is 23.8 Å². The Bertz CT molecular complexity index is 862. The second-order valence-corrected chi connectivity index (χ2v) is 8.28. The summed E-state index contributed by atoms with van der Waals surface area (Å²) in [5.41, 5.74) is 3.36. The molecule has 5 rings (SSSR count). The van der Waals surface area contributed by atoms with Gasteiger partial charge in [-0.3, -0.25) is 23.9 Å². The summed E-state index contributed by atoms with van der Waals surface area (Å²) in [6.45, 7) is -0.536. The molecular weight excluding hydrogens is 338 g/mol. The van der Waals surface area contributed by atoms with E-state index in [9.17, 15) is 19.2 Å². The molecular formula is C18H23N3O5. The van der Waals surface area contributed by atoms with Crippen molar-refractivity contribution >= 4 is 17.6 Å². The first-order chi connectivity index (χ1) is 12.3. The minimum Gasteiger partial charge on any atom is -0.457 e. The molecule has 140 valence electrons. The molecule has 1 aromatic heterocycles. The molecule has 8 nitrogen and oxygen atoms in total. The van der Waals surface area contributed by atoms with Gasteiger partial charge in [-0.15, -0.1) is 0 Å². The van der Waals surface area contributed by atoms with E-state index in [2.05, 4.69) is 0 Å². The number of nitrogens with one attached hydrogen (secondary N) is 1. The van der Waals surface area contributed by atoms with Crippen LogP contribution in [0.4, 0.5) is 5.82 Å². The summed E-state index contributed by atoms with van der Waals surface area (Å²) in [5, 5.41) is 0. The van der Waals surface area contributed by atoms with Crippen LogP contribution < -0.4 is 17.0 Å². The summed E-state index contributed by atoms with van der Waals surface area (Å²) in [6.07, 6.45) is 6.14. The average Bonchev–Trinajstić information content (AvgIpc) is 2.56. The fraction of sp³-hybridized carbons (Fsp3) is 0.667. The monoisotopic (exact) mass is 361 g/mol. The largest absolute Gasteiger partial charge is 0.457 e. The number of aromatic amines is 1. The molecule has 4 aliphatic rings. The molecule has 0 atom stereocenters. The van der Waals surface area contributed by atoms with Crippen LogP contribution in [0, 0.1) is 23.2 Å². The Morgan fingerprint density at radius 1 is 1.15 bits per heavy atom. The summed E-state index contributed by atoms with van der Waals surface area (Å²) in [7, 11) is 1.35. The molecule has 26 heavy (non-hydrogen) atoms. The summed E-state index contributed by atoms with van der Waals surface area (Å²) in [5.74, 6) is 0.515. The maximum Gasteiger partial charge on any atom is 0.329 e. The van der Waals surface area contributed by atoms with Crippen LogP contribution in [0.25, 0.3) is 0 Å². The maximum absolute atomic E-state index is 12.8. The standard InChI is InChI=1S/C18H23N3O5/c1-21-14(19)13(15(23)20-17(21)25)12(22)8-26-16(24)18-5-9-2-10(6-18)4-11(3-9)7-18/h9-11H,2-8,19H2,1H3,(H,20,23,25). The number of H-pyrrole nitrogens is 1. The zero-order valence-corrected chi connectivity index (χ0v) is 14.7. The fourth-order valence-corrected chi connectivity index (χ4v) is 5.62. The third kappa shape index (κ3) is 2.59. The molecule has 0 spiro atoms. The second kappa shape index (κ2) is 5.82. The van der Waals surface area contributed by atoms with E-state index in [1.54, 1.807) is 0 Å². The zero-order valence-electron chi connectivity index (χ0n) is 14.7. The van der Waals surface area contributed by atoms with Gasteiger partial charge in [-0.25, -0.2) is 4.79 Å². The fourth-order valence-electron chi connectivity index (χ4n) is 5.62. The topological polar surface area (TPSA) is 124 Å². The number of esters is 1. The number of carbonyl (C=O) groups excluding carboxylic acids is 2. The number of carbonyl (C=O) groups is 2. The number of hydrogen-bond acceptors (Lipinski definition) is 6. The van der Waals surface area contributed by atoms with Crippen molar-refractivity contribution in [1.29, 1.82) is 0 Å². The van der Waals surface area contributed by atoms with Gasteiger partial charge < -0.3 is 10.5 Å². The SMILES string of the molecule is Cn1c(N)c(C(=O)COC(=O)C23CC4CC(CC(C4)C2)C3)c(=O)[nH]c1=O. The molecule has 4 aliphatic carbocycles. The van der Waals surface area contributed by atoms with Crippen LogP contribution in [0.5, 0.6) is 0 Å². The number of rotatable bonds is 4. The van der Waals surface area contributed by atoms with Crippen molar-refractivity contribution in [2.75, 3.05) is 12.3 Å². The lowest BCUT2D eigenvalue weighted by Crippen LogP contribution is -2.50. The van der Waals surface area contributed by atoms with Gasteiger partial charge in [0.1, 0.15) is 11.4 Å². The van der Waals surface area contributed by atoms with Gasteiger partial charge in [0.25, 0.3) is 5.56 Å². The van der Waals surface area contributed by atoms with Gasteiger partial charge in [0.05, 0.1) is 5.41 Å². The lowest BCUT2D eigenvalue weighted by Gasteiger charge is -2.55. The molecule has 0 radical (unpaired) electrons. The molecule has 4 saturated carbocycles. The van der Waals surface area contributed by atoms with Gasteiger partial charge in [-0.05, 0) is 56.3 Å². The number of nitrogens with zero attached hydrogens (tertiary/aromatic N) is 1. The Hall–Kier alpha value is -2.38. The summed E-state index contributed by atoms with van der Waals surface area (Å²) < 4.78 is 6.32. The van der Waals surface area contributed by atoms with Gasteiger partial charge in [0.15, 0.2) is 6.61 Å². The van der Waals surface area contributed by atoms with Crippen molar-refractivity contribution in [3.05, 3.63) is 26.4 Å². The molecule has 4 bridgehead atoms. The van der Waals surface area contributed by atoms with E-state index >= 15 is 0 Å². The number of nitrogen functional groups attached to an aromatic ring is 1. The quantitative estimate of drug-likeness (QED) is 0.598. The molecule has 3 N–H and O–H groups in total. The van der Waals surface area contributed by atoms with Crippen molar-refractivity contribution in [3.63, 3.8) is 0 Å². The predicted molar refractivity (Wildman–Crippen MR) is 92.6 cm³/mol. The summed E-state index contributed by atoms with van der Waals surface area (Å²) in [6, 6.07) is 0. The van der Waals surface area contributed by atoms with Gasteiger partial charge in [0.2, 0.25) is 5.78 Å². The lowest BCUT2D eigenvalue weighted by molar-refractivity contribution is -0.170. The van der Waals surface area contributed by atoms with E-state index in [1.807, 2.05) is 4.98 Å². The molecule has 4 fully saturated rings. The first-order valence-electron chi connectivity index (χ1n) is 9.08. The Labute approximate surface area is 149 Å². The van der Waals surface area contributed by atoms with Crippen LogP contribution in [-0.4, -0.2) is 27.9 Å². The Balaban J connectivity index is 1.49. The van der Waals surface area contributed by atoms with Crippen molar-refractivity contribution < 1.29 is 14.3 Å². The second-order valence-electron chi connectivity index (χ2n) is 8.28. The maximum atomic E-state index is 12.8. The molecule has 8 heteroatoms. The molecule has 0 unspecified atom stereocenters. The highest BCUT2D eigenvalue weighted by Gasteiger charge is 2.55. The first-order valence-corrected chi connectivity index (χ1v) is 9.08. The highest BCUT2D eigenvalue weighted by molar-refractivity contribution is 6.01. The first kappa shape index (κ1) is 17.1. The molecule has 0 aromatic carbocycles. The van der Waals surface area contributed by atoms with Gasteiger partial charge in [-0.1, -0.05) is 0 Å². The molecule has 0 aliphatic heterocycles. The smallest absolute Gasteiger partial charge is 0.329 e. The lowest BCUT2D eigenvalue weighted by atomic mass is 9.49. The summed E-state index contributed by atoms with van der Waals surface area (Å²) >= 11 is 0. The van der Waals surface area contributed by atoms with Crippen LogP contribution in [0.15, 0.2) is 9.59 Å². The van der Waals surface area contributed by atoms with Crippen molar-refractivity contribution in [2.45, 2.75) is 38.5 Å². The van der Waals surface area contributed by atoms with Crippen LogP contribution in [0.3, 0.4) is 0 Å². The molecule has 1 aromatic rings. The number of ether oxygens (including phenoxy) is 1. The number of nitrogens with two attached hydrogens (primary N) is 1. The molecule has 0 saturated heterocycles. The van der Waals surface area contributed by atoms with Crippen molar-refractivity contribution in [2.24, 2.45) is 30.2 Å². The van der Waals surface area contributed by atoms with Gasteiger partial charge in [-0.2, -0.15) is 0 Å². The Morgan fingerprint density at radius 3 is 2.23 bits per heavy atom. The van der Waals surface area contributed by atoms with Crippen molar-refractivity contribution in [1.82, 2.24) is 9.55 Å². The van der Waals surface area contributed by atoms with Crippen LogP contribution >= 0.6 is 0 Å². The average molecular weight is 361 g/mol. The van der Waals surface area contributed by atoms with E-state index in [1.165, 1.54) is 26.3 Å². The van der Waals surface area contributed by atoms with Gasteiger partial charge in [0, 0.05) is 7.05 Å². The zero-order chi connectivity index (χ0) is 18.6. The van der Waals surface area contributed by atoms with Crippen molar-refractivity contribution in [3.8, 4) is 0 Å². The Morgan fingerprint density at radius 2 is 1.69 bits per heavy atom. The van der Waals surface area contributed by atoms with Crippen LogP contribution in [0.1, 0.15) is 48.9 Å². The number of aromatic nitrogens is 2. The predicted octanol–water partition coefficient (Wildman–Crippen LogP) is 0.598. The number of hydrogen-bond donors (Lipinski definition) is 2. The minimum atomic E-state index is -0.860. The van der Waals surface area contributed by atoms with Gasteiger partial charge >= 0.3 is 11.7 Å². The third-order valence-electron chi connectivity index (χ3n) is 6.45. The number of anilines is 1. The highest BCUT2D eigenvalue weighted by Crippen LogP contribution is 2.60. The molecule has 0 amide bonds. The van der Waals surface area contributed by atoms with Crippen LogP contribution in [0.2, 0.25) is 0 Å². The van der Waals surface area contributed by atoms with E-state index < -0.39 is 29.1 Å². The number of Topliss-reactive ketones (excluding diaryl/α,β-unsaturated/α-hetero) is 1. The molecule has 1 heterocycles. The highest BCUT2D eigenvalue weighted by atomic mass is 16.5. The van der Waals surface area contributed by atoms with E-state index in [-0.39, 0.29) is 17.4 Å². The Kier molecular flexibility index (Phi) is 3.82. The van der Waals surface area contributed by atoms with Crippen LogP contribution in [-0.2, 0) is 16.6 Å². The van der Waals surface area contributed by atoms with E-state index in [0.29, 0.717) is 17.8 Å². The minimum absolute atomic E-state index is 0.227. The third-order valence-corrected chi connectivity index (χ3v) is 6.45.